The summed E-state index contributed by atoms with van der Waals surface area (Å²) >= 11 is 0. The number of hydrogen-bond acceptors (Lipinski definition) is 5. The molecule has 0 unspecified atom stereocenters. The lowest BCUT2D eigenvalue weighted by Gasteiger charge is -2.07. The third-order valence-corrected chi connectivity index (χ3v) is 3.04. The molecule has 7 heteroatoms. The van der Waals surface area contributed by atoms with Crippen molar-refractivity contribution in [2.75, 3.05) is 25.5 Å². The van der Waals surface area contributed by atoms with Crippen LogP contribution >= 0.6 is 0 Å². The molecule has 3 N–H and O–H groups in total. The van der Waals surface area contributed by atoms with Crippen LogP contribution in [0.15, 0.2) is 18.2 Å². The van der Waals surface area contributed by atoms with Crippen LogP contribution in [0.4, 0.5) is 11.4 Å². The molecule has 1 aliphatic carbocycles. The highest BCUT2D eigenvalue weighted by Gasteiger charge is 2.21. The van der Waals surface area contributed by atoms with Gasteiger partial charge in [-0.25, -0.2) is 0 Å². The standard InChI is InChI=1S/C13H17N3O4/c14-10-3-4-12(16(18)19)11(7-10)13(17)15-5-6-20-8-9-1-2-9/h3-4,7,9H,1-2,5-6,8,14H2,(H,15,17). The van der Waals surface area contributed by atoms with E-state index in [1.165, 1.54) is 31.0 Å². The van der Waals surface area contributed by atoms with E-state index >= 15 is 0 Å². The molecule has 0 saturated heterocycles. The van der Waals surface area contributed by atoms with Gasteiger partial charge in [-0.3, -0.25) is 14.9 Å². The van der Waals surface area contributed by atoms with Crippen LogP contribution in [0.1, 0.15) is 23.2 Å². The summed E-state index contributed by atoms with van der Waals surface area (Å²) in [7, 11) is 0. The molecule has 108 valence electrons. The van der Waals surface area contributed by atoms with Crippen molar-refractivity contribution in [1.82, 2.24) is 5.32 Å². The van der Waals surface area contributed by atoms with Gasteiger partial charge in [-0.2, -0.15) is 0 Å². The van der Waals surface area contributed by atoms with Crippen LogP contribution in [0.2, 0.25) is 0 Å². The van der Waals surface area contributed by atoms with Gasteiger partial charge in [0.05, 0.1) is 11.5 Å². The zero-order valence-electron chi connectivity index (χ0n) is 11.0. The molecule has 0 bridgehead atoms. The molecule has 2 rings (SSSR count). The van der Waals surface area contributed by atoms with Gasteiger partial charge in [-0.05, 0) is 30.9 Å². The summed E-state index contributed by atoms with van der Waals surface area (Å²) in [5.74, 6) is 0.153. The third kappa shape index (κ3) is 3.92. The summed E-state index contributed by atoms with van der Waals surface area (Å²) in [6.45, 7) is 1.43. The highest BCUT2D eigenvalue weighted by atomic mass is 16.6. The summed E-state index contributed by atoms with van der Waals surface area (Å²) in [5.41, 5.74) is 5.58. The summed E-state index contributed by atoms with van der Waals surface area (Å²) in [4.78, 5) is 22.2. The van der Waals surface area contributed by atoms with Crippen molar-refractivity contribution in [3.63, 3.8) is 0 Å². The summed E-state index contributed by atoms with van der Waals surface area (Å²) in [5, 5.41) is 13.4. The highest BCUT2D eigenvalue weighted by molar-refractivity contribution is 5.99. The van der Waals surface area contributed by atoms with Crippen LogP contribution in [-0.4, -0.2) is 30.6 Å². The van der Waals surface area contributed by atoms with Gasteiger partial charge in [0.25, 0.3) is 11.6 Å². The maximum absolute atomic E-state index is 11.9. The van der Waals surface area contributed by atoms with Gasteiger partial charge >= 0.3 is 0 Å². The molecule has 1 aromatic rings. The minimum Gasteiger partial charge on any atom is -0.399 e. The number of nitro benzene ring substituents is 1. The average molecular weight is 279 g/mol. The summed E-state index contributed by atoms with van der Waals surface area (Å²) in [6.07, 6.45) is 2.42. The van der Waals surface area contributed by atoms with E-state index in [0.717, 1.165) is 0 Å². The first-order valence-corrected chi connectivity index (χ1v) is 6.48. The molecule has 0 spiro atoms. The molecule has 20 heavy (non-hydrogen) atoms. The Morgan fingerprint density at radius 2 is 2.25 bits per heavy atom. The number of nitrogens with two attached hydrogens (primary N) is 1. The zero-order chi connectivity index (χ0) is 14.5. The summed E-state index contributed by atoms with van der Waals surface area (Å²) in [6, 6.07) is 3.93. The minimum absolute atomic E-state index is 0.0304. The first kappa shape index (κ1) is 14.3. The van der Waals surface area contributed by atoms with Crippen LogP contribution < -0.4 is 11.1 Å². The molecule has 0 aliphatic heterocycles. The first-order valence-electron chi connectivity index (χ1n) is 6.48. The van der Waals surface area contributed by atoms with Crippen LogP contribution in [0.3, 0.4) is 0 Å². The fourth-order valence-corrected chi connectivity index (χ4v) is 1.76. The lowest BCUT2D eigenvalue weighted by atomic mass is 10.1. The molecular formula is C13H17N3O4. The van der Waals surface area contributed by atoms with Crippen molar-refractivity contribution in [2.45, 2.75) is 12.8 Å². The van der Waals surface area contributed by atoms with E-state index in [-0.39, 0.29) is 11.3 Å². The fourth-order valence-electron chi connectivity index (χ4n) is 1.76. The Kier molecular flexibility index (Phi) is 4.52. The number of anilines is 1. The molecule has 0 radical (unpaired) electrons. The van der Waals surface area contributed by atoms with Crippen molar-refractivity contribution >= 4 is 17.3 Å². The van der Waals surface area contributed by atoms with E-state index in [9.17, 15) is 14.9 Å². The lowest BCUT2D eigenvalue weighted by molar-refractivity contribution is -0.385. The van der Waals surface area contributed by atoms with Gasteiger partial charge in [0.2, 0.25) is 0 Å². The number of ether oxygens (including phenoxy) is 1. The van der Waals surface area contributed by atoms with Crippen molar-refractivity contribution in [1.29, 1.82) is 0 Å². The SMILES string of the molecule is Nc1ccc([N+](=O)[O-])c(C(=O)NCCOCC2CC2)c1. The second-order valence-electron chi connectivity index (χ2n) is 4.81. The van der Waals surface area contributed by atoms with Crippen molar-refractivity contribution < 1.29 is 14.5 Å². The van der Waals surface area contributed by atoms with E-state index in [1.807, 2.05) is 0 Å². The fraction of sp³-hybridized carbons (Fsp3) is 0.462. The van der Waals surface area contributed by atoms with E-state index in [4.69, 9.17) is 10.5 Å². The van der Waals surface area contributed by atoms with E-state index in [1.54, 1.807) is 0 Å². The number of hydrogen-bond donors (Lipinski definition) is 2. The quantitative estimate of drug-likeness (QED) is 0.339. The largest absolute Gasteiger partial charge is 0.399 e. The molecule has 7 nitrogen and oxygen atoms in total. The smallest absolute Gasteiger partial charge is 0.282 e. The van der Waals surface area contributed by atoms with Crippen molar-refractivity contribution in [3.8, 4) is 0 Å². The van der Waals surface area contributed by atoms with Crippen molar-refractivity contribution in [2.24, 2.45) is 5.92 Å². The Morgan fingerprint density at radius 3 is 2.90 bits per heavy atom. The van der Waals surface area contributed by atoms with Gasteiger partial charge < -0.3 is 15.8 Å². The Hall–Kier alpha value is -2.15. The number of nitro groups is 1. The van der Waals surface area contributed by atoms with Crippen LogP contribution in [0.25, 0.3) is 0 Å². The van der Waals surface area contributed by atoms with Crippen molar-refractivity contribution in [3.05, 3.63) is 33.9 Å². The van der Waals surface area contributed by atoms with E-state index < -0.39 is 10.8 Å². The first-order chi connectivity index (χ1) is 9.58. The third-order valence-electron chi connectivity index (χ3n) is 3.04. The Morgan fingerprint density at radius 1 is 1.50 bits per heavy atom. The van der Waals surface area contributed by atoms with Gasteiger partial charge in [-0.1, -0.05) is 0 Å². The highest BCUT2D eigenvalue weighted by Crippen LogP contribution is 2.28. The van der Waals surface area contributed by atoms with E-state index in [2.05, 4.69) is 5.32 Å². The van der Waals surface area contributed by atoms with Gasteiger partial charge in [0.15, 0.2) is 0 Å². The number of carbonyl (C=O) groups excluding carboxylic acids is 1. The lowest BCUT2D eigenvalue weighted by Crippen LogP contribution is -2.28. The Bertz CT molecular complexity index is 514. The maximum Gasteiger partial charge on any atom is 0.282 e. The minimum atomic E-state index is -0.599. The molecule has 1 amide bonds. The predicted molar refractivity (Wildman–Crippen MR) is 73.4 cm³/mol. The van der Waals surface area contributed by atoms with Crippen LogP contribution in [0.5, 0.6) is 0 Å². The average Bonchev–Trinajstić information content (AvgIpc) is 3.21. The summed E-state index contributed by atoms with van der Waals surface area (Å²) < 4.78 is 5.37. The number of nitrogens with one attached hydrogen (secondary N) is 1. The van der Waals surface area contributed by atoms with Gasteiger partial charge in [0.1, 0.15) is 5.56 Å². The second kappa shape index (κ2) is 6.33. The topological polar surface area (TPSA) is 107 Å². The van der Waals surface area contributed by atoms with Crippen LogP contribution in [0, 0.1) is 16.0 Å². The normalized spacial score (nSPS) is 14.0. The Balaban J connectivity index is 1.87. The zero-order valence-corrected chi connectivity index (χ0v) is 11.0. The molecule has 1 fully saturated rings. The number of amides is 1. The number of carbonyl (C=O) groups is 1. The molecule has 1 aromatic carbocycles. The predicted octanol–water partition coefficient (Wildman–Crippen LogP) is 1.33. The molecule has 0 atom stereocenters. The number of nitrogen functional groups attached to an aromatic ring is 1. The number of rotatable bonds is 7. The Labute approximate surface area is 116 Å². The van der Waals surface area contributed by atoms with Gasteiger partial charge in [-0.15, -0.1) is 0 Å². The molecule has 1 saturated carbocycles. The molecule has 0 aromatic heterocycles. The molecule has 0 heterocycles. The monoisotopic (exact) mass is 279 g/mol. The number of nitrogens with zero attached hydrogens (tertiary/aromatic N) is 1. The van der Waals surface area contributed by atoms with Gasteiger partial charge in [0, 0.05) is 24.9 Å². The number of benzene rings is 1. The van der Waals surface area contributed by atoms with E-state index in [0.29, 0.717) is 31.4 Å². The molecular weight excluding hydrogens is 262 g/mol. The maximum atomic E-state index is 11.9. The van der Waals surface area contributed by atoms with Crippen LogP contribution in [-0.2, 0) is 4.74 Å². The molecule has 1 aliphatic rings. The second-order valence-corrected chi connectivity index (χ2v) is 4.81.